The van der Waals surface area contributed by atoms with Crippen molar-refractivity contribution in [2.75, 3.05) is 0 Å². The third-order valence-electron chi connectivity index (χ3n) is 2.84. The minimum absolute atomic E-state index is 0.209. The Balaban J connectivity index is 2.87. The normalized spacial score (nSPS) is 12.1. The van der Waals surface area contributed by atoms with E-state index in [2.05, 4.69) is 0 Å². The number of alkyl halides is 3. The van der Waals surface area contributed by atoms with Gasteiger partial charge in [0, 0.05) is 25.0 Å². The summed E-state index contributed by atoms with van der Waals surface area (Å²) in [6.45, 7) is 0.209. The molecule has 2 N–H and O–H groups in total. The lowest BCUT2D eigenvalue weighted by Gasteiger charge is -2.15. The van der Waals surface area contributed by atoms with Crippen LogP contribution >= 0.6 is 0 Å². The molecule has 2 rings (SSSR count). The lowest BCUT2D eigenvalue weighted by molar-refractivity contribution is -0.143. The quantitative estimate of drug-likeness (QED) is 0.848. The largest absolute Gasteiger partial charge is 0.431 e. The van der Waals surface area contributed by atoms with Gasteiger partial charge in [-0.1, -0.05) is 6.07 Å². The Hall–Kier alpha value is -1.82. The average molecular weight is 256 g/mol. The SMILES string of the molecule is Cn1c(C(F)(F)F)cc(=O)c2ccc(CN)cc21. The molecule has 2 aromatic rings. The van der Waals surface area contributed by atoms with Crippen LogP contribution in [-0.4, -0.2) is 4.57 Å². The third kappa shape index (κ3) is 1.99. The molecule has 0 spiro atoms. The molecule has 0 aliphatic heterocycles. The van der Waals surface area contributed by atoms with Gasteiger partial charge in [-0.15, -0.1) is 0 Å². The highest BCUT2D eigenvalue weighted by atomic mass is 19.4. The first-order chi connectivity index (χ1) is 8.34. The van der Waals surface area contributed by atoms with Crippen molar-refractivity contribution in [2.24, 2.45) is 12.8 Å². The van der Waals surface area contributed by atoms with E-state index in [1.165, 1.54) is 19.2 Å². The molecule has 0 saturated carbocycles. The fourth-order valence-corrected chi connectivity index (χ4v) is 1.89. The first-order valence-corrected chi connectivity index (χ1v) is 5.24. The van der Waals surface area contributed by atoms with Gasteiger partial charge in [-0.3, -0.25) is 4.79 Å². The van der Waals surface area contributed by atoms with Crippen LogP contribution in [0.1, 0.15) is 11.3 Å². The van der Waals surface area contributed by atoms with E-state index in [1.807, 2.05) is 0 Å². The number of halogens is 3. The summed E-state index contributed by atoms with van der Waals surface area (Å²) in [7, 11) is 1.28. The predicted octanol–water partition coefficient (Wildman–Crippen LogP) is 2.02. The minimum Gasteiger partial charge on any atom is -0.340 e. The second-order valence-electron chi connectivity index (χ2n) is 4.01. The van der Waals surface area contributed by atoms with Crippen LogP contribution in [-0.2, 0) is 19.8 Å². The van der Waals surface area contributed by atoms with Gasteiger partial charge in [-0.2, -0.15) is 13.2 Å². The minimum atomic E-state index is -4.55. The first kappa shape index (κ1) is 12.6. The van der Waals surface area contributed by atoms with Gasteiger partial charge in [0.25, 0.3) is 0 Å². The number of benzene rings is 1. The van der Waals surface area contributed by atoms with Crippen molar-refractivity contribution in [1.82, 2.24) is 4.57 Å². The molecule has 0 radical (unpaired) electrons. The average Bonchev–Trinajstić information content (AvgIpc) is 2.31. The first-order valence-electron chi connectivity index (χ1n) is 5.24. The number of fused-ring (bicyclic) bond motifs is 1. The molecule has 3 nitrogen and oxygen atoms in total. The van der Waals surface area contributed by atoms with E-state index in [-0.39, 0.29) is 17.4 Å². The van der Waals surface area contributed by atoms with Crippen molar-refractivity contribution in [1.29, 1.82) is 0 Å². The Morgan fingerprint density at radius 1 is 1.28 bits per heavy atom. The van der Waals surface area contributed by atoms with Crippen LogP contribution in [0.2, 0.25) is 0 Å². The van der Waals surface area contributed by atoms with E-state index in [4.69, 9.17) is 5.73 Å². The molecular formula is C12H11F3N2O. The molecule has 1 heterocycles. The maximum atomic E-state index is 12.8. The highest BCUT2D eigenvalue weighted by Crippen LogP contribution is 2.29. The molecule has 0 amide bonds. The summed E-state index contributed by atoms with van der Waals surface area (Å²) in [5.74, 6) is 0. The van der Waals surface area contributed by atoms with Crippen LogP contribution in [0.4, 0.5) is 13.2 Å². The van der Waals surface area contributed by atoms with Crippen molar-refractivity contribution < 1.29 is 13.2 Å². The second-order valence-corrected chi connectivity index (χ2v) is 4.01. The van der Waals surface area contributed by atoms with Crippen molar-refractivity contribution >= 4 is 10.9 Å². The zero-order valence-electron chi connectivity index (χ0n) is 9.58. The molecule has 0 fully saturated rings. The van der Waals surface area contributed by atoms with Crippen LogP contribution < -0.4 is 11.2 Å². The maximum Gasteiger partial charge on any atom is 0.431 e. The zero-order valence-corrected chi connectivity index (χ0v) is 9.58. The fourth-order valence-electron chi connectivity index (χ4n) is 1.89. The number of hydrogen-bond acceptors (Lipinski definition) is 2. The molecule has 0 aliphatic rings. The Morgan fingerprint density at radius 3 is 2.50 bits per heavy atom. The Labute approximate surface area is 101 Å². The monoisotopic (exact) mass is 256 g/mol. The summed E-state index contributed by atoms with van der Waals surface area (Å²) in [6.07, 6.45) is -4.55. The van der Waals surface area contributed by atoms with Gasteiger partial charge >= 0.3 is 6.18 Å². The predicted molar refractivity (Wildman–Crippen MR) is 62.1 cm³/mol. The summed E-state index contributed by atoms with van der Waals surface area (Å²) in [5.41, 5.74) is 4.75. The van der Waals surface area contributed by atoms with Crippen molar-refractivity contribution in [3.63, 3.8) is 0 Å². The summed E-state index contributed by atoms with van der Waals surface area (Å²) >= 11 is 0. The Kier molecular flexibility index (Phi) is 2.90. The highest BCUT2D eigenvalue weighted by molar-refractivity contribution is 5.80. The number of nitrogens with two attached hydrogens (primary N) is 1. The Bertz CT molecular complexity index is 659. The standard InChI is InChI=1S/C12H11F3N2O/c1-17-9-4-7(6-16)2-3-8(9)10(18)5-11(17)12(13,14)15/h2-5H,6,16H2,1H3. The summed E-state index contributed by atoms with van der Waals surface area (Å²) in [6, 6.07) is 5.26. The lowest BCUT2D eigenvalue weighted by atomic mass is 10.1. The summed E-state index contributed by atoms with van der Waals surface area (Å²) in [4.78, 5) is 11.7. The smallest absolute Gasteiger partial charge is 0.340 e. The van der Waals surface area contributed by atoms with Crippen LogP contribution in [0.25, 0.3) is 10.9 Å². The van der Waals surface area contributed by atoms with E-state index in [0.29, 0.717) is 11.6 Å². The van der Waals surface area contributed by atoms with Crippen LogP contribution in [0.3, 0.4) is 0 Å². The number of hydrogen-bond donors (Lipinski definition) is 1. The molecule has 0 saturated heterocycles. The molecule has 0 aliphatic carbocycles. The third-order valence-corrected chi connectivity index (χ3v) is 2.84. The van der Waals surface area contributed by atoms with Crippen LogP contribution in [0.15, 0.2) is 29.1 Å². The molecule has 0 unspecified atom stereocenters. The molecule has 0 atom stereocenters. The maximum absolute atomic E-state index is 12.8. The van der Waals surface area contributed by atoms with E-state index in [0.717, 1.165) is 4.57 Å². The number of aryl methyl sites for hydroxylation is 1. The lowest BCUT2D eigenvalue weighted by Crippen LogP contribution is -2.19. The second kappa shape index (κ2) is 4.13. The summed E-state index contributed by atoms with van der Waals surface area (Å²) < 4.78 is 39.2. The fraction of sp³-hybridized carbons (Fsp3) is 0.250. The van der Waals surface area contributed by atoms with E-state index in [1.54, 1.807) is 6.07 Å². The topological polar surface area (TPSA) is 48.0 Å². The number of aromatic nitrogens is 1. The zero-order chi connectivity index (χ0) is 13.5. The molecular weight excluding hydrogens is 245 g/mol. The van der Waals surface area contributed by atoms with Gasteiger partial charge in [0.1, 0.15) is 5.69 Å². The molecule has 96 valence electrons. The molecule has 1 aromatic carbocycles. The van der Waals surface area contributed by atoms with Gasteiger partial charge in [0.2, 0.25) is 0 Å². The highest BCUT2D eigenvalue weighted by Gasteiger charge is 2.34. The van der Waals surface area contributed by atoms with Gasteiger partial charge in [0.15, 0.2) is 5.43 Å². The van der Waals surface area contributed by atoms with Gasteiger partial charge in [0.05, 0.1) is 5.52 Å². The molecule has 0 bridgehead atoms. The van der Waals surface area contributed by atoms with Gasteiger partial charge in [-0.05, 0) is 17.7 Å². The number of pyridine rings is 1. The number of rotatable bonds is 1. The summed E-state index contributed by atoms with van der Waals surface area (Å²) in [5, 5.41) is 0.253. The molecule has 18 heavy (non-hydrogen) atoms. The van der Waals surface area contributed by atoms with E-state index in [9.17, 15) is 18.0 Å². The van der Waals surface area contributed by atoms with Gasteiger partial charge in [-0.25, -0.2) is 0 Å². The van der Waals surface area contributed by atoms with Crippen molar-refractivity contribution in [2.45, 2.75) is 12.7 Å². The number of nitrogens with zero attached hydrogens (tertiary/aromatic N) is 1. The van der Waals surface area contributed by atoms with Crippen molar-refractivity contribution in [3.8, 4) is 0 Å². The van der Waals surface area contributed by atoms with Crippen LogP contribution in [0, 0.1) is 0 Å². The van der Waals surface area contributed by atoms with Crippen molar-refractivity contribution in [3.05, 3.63) is 45.7 Å². The van der Waals surface area contributed by atoms with Gasteiger partial charge < -0.3 is 10.3 Å². The molecule has 6 heteroatoms. The van der Waals surface area contributed by atoms with E-state index < -0.39 is 17.3 Å². The molecule has 1 aromatic heterocycles. The van der Waals surface area contributed by atoms with E-state index >= 15 is 0 Å². The Morgan fingerprint density at radius 2 is 1.94 bits per heavy atom. The van der Waals surface area contributed by atoms with Crippen LogP contribution in [0.5, 0.6) is 0 Å².